The molecule has 0 aromatic carbocycles. The van der Waals surface area contributed by atoms with Gasteiger partial charge in [0.05, 0.1) is 0 Å². The molecule has 1 aromatic rings. The van der Waals surface area contributed by atoms with Gasteiger partial charge in [0, 0.05) is 11.1 Å². The molecule has 0 aliphatic rings. The van der Waals surface area contributed by atoms with Crippen LogP contribution < -0.4 is 0 Å². The number of aryl methyl sites for hydroxylation is 2. The fraction of sp³-hybridized carbons (Fsp3) is 0.375. The van der Waals surface area contributed by atoms with Crippen molar-refractivity contribution in [1.29, 1.82) is 0 Å². The van der Waals surface area contributed by atoms with Crippen LogP contribution in [-0.4, -0.2) is 0 Å². The molecule has 1 rings (SSSR count). The molecule has 1 aromatic heterocycles. The van der Waals surface area contributed by atoms with Crippen molar-refractivity contribution in [3.63, 3.8) is 0 Å². The van der Waals surface area contributed by atoms with Gasteiger partial charge >= 0.3 is 12.5 Å². The van der Waals surface area contributed by atoms with Gasteiger partial charge in [0.1, 0.15) is 0 Å². The predicted octanol–water partition coefficient (Wildman–Crippen LogP) is 2.49. The van der Waals surface area contributed by atoms with Gasteiger partial charge in [-0.2, -0.15) is 0 Å². The second-order valence-corrected chi connectivity index (χ2v) is 2.36. The second-order valence-electron chi connectivity index (χ2n) is 2.36. The Morgan fingerprint density at radius 2 is 1.44 bits per heavy atom. The van der Waals surface area contributed by atoms with Crippen LogP contribution in [0.4, 0.5) is 0 Å². The van der Waals surface area contributed by atoms with Crippen LogP contribution in [0.15, 0.2) is 16.9 Å². The van der Waals surface area contributed by atoms with Crippen molar-refractivity contribution >= 4 is 0 Å². The fourth-order valence-corrected chi connectivity index (χ4v) is 0.726. The van der Waals surface area contributed by atoms with Gasteiger partial charge in [-0.3, -0.25) is 0 Å². The van der Waals surface area contributed by atoms with Gasteiger partial charge in [-0.15, -0.1) is 0 Å². The molecule has 0 radical (unpaired) electrons. The molecule has 0 amide bonds. The summed E-state index contributed by atoms with van der Waals surface area (Å²) in [7, 11) is 0. The van der Waals surface area contributed by atoms with Gasteiger partial charge < -0.3 is 0 Å². The van der Waals surface area contributed by atoms with E-state index in [1.54, 1.807) is 12.5 Å². The summed E-state index contributed by atoms with van der Waals surface area (Å²) in [5, 5.41) is 0. The molecule has 0 fully saturated rings. The van der Waals surface area contributed by atoms with E-state index >= 15 is 0 Å². The zero-order valence-corrected chi connectivity index (χ0v) is 6.06. The maximum Gasteiger partial charge on any atom is 0.321 e. The van der Waals surface area contributed by atoms with Crippen molar-refractivity contribution in [3.05, 3.63) is 29.2 Å². The molecule has 0 N–H and O–H groups in total. The van der Waals surface area contributed by atoms with Crippen molar-refractivity contribution in [2.45, 2.75) is 20.8 Å². The van der Waals surface area contributed by atoms with Crippen LogP contribution in [-0.2, 0) is 0 Å². The van der Waals surface area contributed by atoms with Gasteiger partial charge in [-0.25, -0.2) is 4.42 Å². The third kappa shape index (κ3) is 1.10. The van der Waals surface area contributed by atoms with E-state index in [2.05, 4.69) is 6.92 Å². The van der Waals surface area contributed by atoms with Crippen LogP contribution in [0.2, 0.25) is 0 Å². The molecular weight excluding hydrogens is 112 g/mol. The Balaban J connectivity index is 3.25. The highest BCUT2D eigenvalue weighted by Gasteiger charge is 2.01. The van der Waals surface area contributed by atoms with E-state index in [1.165, 1.54) is 16.7 Å². The van der Waals surface area contributed by atoms with Gasteiger partial charge in [0.15, 0.2) is 0 Å². The minimum absolute atomic E-state index is 1.22. The molecule has 1 nitrogen and oxygen atoms in total. The lowest BCUT2D eigenvalue weighted by molar-refractivity contribution is 0.539. The Morgan fingerprint density at radius 1 is 1.00 bits per heavy atom. The van der Waals surface area contributed by atoms with Crippen molar-refractivity contribution in [2.24, 2.45) is 0 Å². The summed E-state index contributed by atoms with van der Waals surface area (Å²) in [6, 6.07) is 0. The Hall–Kier alpha value is -0.850. The van der Waals surface area contributed by atoms with Crippen LogP contribution in [0, 0.1) is 20.8 Å². The lowest BCUT2D eigenvalue weighted by atomic mass is 10.1. The molecule has 0 aliphatic heterocycles. The summed E-state index contributed by atoms with van der Waals surface area (Å²) in [5.41, 5.74) is 3.76. The standard InChI is InChI=1S/C8H11O/c1-6-4-9-5-7(2)8(6)3/h4-5H,1-3H3/q+1. The molecule has 0 saturated heterocycles. The Morgan fingerprint density at radius 3 is 1.78 bits per heavy atom. The minimum Gasteiger partial charge on any atom is -0.224 e. The molecule has 0 atom stereocenters. The van der Waals surface area contributed by atoms with Crippen molar-refractivity contribution < 1.29 is 4.42 Å². The Labute approximate surface area is 55.3 Å². The number of rotatable bonds is 0. The average molecular weight is 123 g/mol. The summed E-state index contributed by atoms with van der Waals surface area (Å²) in [6.07, 6.45) is 3.53. The summed E-state index contributed by atoms with van der Waals surface area (Å²) in [4.78, 5) is 0. The zero-order chi connectivity index (χ0) is 6.85. The second kappa shape index (κ2) is 2.18. The topological polar surface area (TPSA) is 11.3 Å². The molecular formula is C8H11O+. The molecule has 0 spiro atoms. The highest BCUT2D eigenvalue weighted by atomic mass is 16.3. The number of hydrogen-bond acceptors (Lipinski definition) is 0. The quantitative estimate of drug-likeness (QED) is 0.482. The van der Waals surface area contributed by atoms with E-state index in [4.69, 9.17) is 4.42 Å². The van der Waals surface area contributed by atoms with E-state index in [0.717, 1.165) is 0 Å². The van der Waals surface area contributed by atoms with Crippen molar-refractivity contribution in [3.8, 4) is 0 Å². The highest BCUT2D eigenvalue weighted by Crippen LogP contribution is 2.09. The van der Waals surface area contributed by atoms with Gasteiger partial charge in [0.2, 0.25) is 0 Å². The van der Waals surface area contributed by atoms with E-state index < -0.39 is 0 Å². The summed E-state index contributed by atoms with van der Waals surface area (Å²) >= 11 is 0. The lowest BCUT2D eigenvalue weighted by Gasteiger charge is -1.92. The maximum atomic E-state index is 5.02. The molecule has 0 aliphatic carbocycles. The highest BCUT2D eigenvalue weighted by molar-refractivity contribution is 5.26. The molecule has 0 saturated carbocycles. The van der Waals surface area contributed by atoms with Gasteiger partial charge in [0.25, 0.3) is 0 Å². The first-order valence-corrected chi connectivity index (χ1v) is 3.05. The first kappa shape index (κ1) is 6.27. The summed E-state index contributed by atoms with van der Waals surface area (Å²) < 4.78 is 5.02. The number of hydrogen-bond donors (Lipinski definition) is 0. The molecule has 48 valence electrons. The zero-order valence-electron chi connectivity index (χ0n) is 6.06. The monoisotopic (exact) mass is 123 g/mol. The van der Waals surface area contributed by atoms with E-state index in [-0.39, 0.29) is 0 Å². The first-order chi connectivity index (χ1) is 4.22. The molecule has 0 unspecified atom stereocenters. The van der Waals surface area contributed by atoms with Crippen LogP contribution >= 0.6 is 0 Å². The smallest absolute Gasteiger partial charge is 0.224 e. The third-order valence-corrected chi connectivity index (χ3v) is 1.67. The van der Waals surface area contributed by atoms with Gasteiger partial charge in [-0.05, 0) is 26.3 Å². The summed E-state index contributed by atoms with van der Waals surface area (Å²) in [6.45, 7) is 6.19. The maximum absolute atomic E-state index is 5.02. The van der Waals surface area contributed by atoms with Crippen LogP contribution in [0.5, 0.6) is 0 Å². The van der Waals surface area contributed by atoms with E-state index in [9.17, 15) is 0 Å². The molecule has 9 heavy (non-hydrogen) atoms. The van der Waals surface area contributed by atoms with Crippen LogP contribution in [0.3, 0.4) is 0 Å². The minimum atomic E-state index is 1.22. The van der Waals surface area contributed by atoms with Crippen LogP contribution in [0.1, 0.15) is 16.7 Å². The average Bonchev–Trinajstić information content (AvgIpc) is 1.83. The van der Waals surface area contributed by atoms with Gasteiger partial charge in [-0.1, -0.05) is 0 Å². The SMILES string of the molecule is Cc1c[o+]cc(C)c1C. The fourth-order valence-electron chi connectivity index (χ4n) is 0.726. The largest absolute Gasteiger partial charge is 0.321 e. The normalized spacial score (nSPS) is 9.67. The molecule has 0 bridgehead atoms. The van der Waals surface area contributed by atoms with Crippen molar-refractivity contribution in [1.82, 2.24) is 0 Å². The predicted molar refractivity (Wildman–Crippen MR) is 37.3 cm³/mol. The molecule has 1 heterocycles. The third-order valence-electron chi connectivity index (χ3n) is 1.67. The first-order valence-electron chi connectivity index (χ1n) is 3.05. The molecule has 1 heteroatoms. The Bertz CT molecular complexity index is 196. The van der Waals surface area contributed by atoms with Crippen LogP contribution in [0.25, 0.3) is 0 Å². The lowest BCUT2D eigenvalue weighted by Crippen LogP contribution is -1.82. The van der Waals surface area contributed by atoms with Crippen molar-refractivity contribution in [2.75, 3.05) is 0 Å². The Kier molecular flexibility index (Phi) is 1.52. The van der Waals surface area contributed by atoms with E-state index in [0.29, 0.717) is 0 Å². The summed E-state index contributed by atoms with van der Waals surface area (Å²) in [5.74, 6) is 0. The van der Waals surface area contributed by atoms with E-state index in [1.807, 2.05) is 13.8 Å².